The average Bonchev–Trinajstić information content (AvgIpc) is 4.34. The fraction of sp³-hybridized carbons (Fsp3) is 0.404. The highest BCUT2D eigenvalue weighted by Crippen LogP contribution is 2.65. The summed E-state index contributed by atoms with van der Waals surface area (Å²) < 4.78 is 92.9. The van der Waals surface area contributed by atoms with Gasteiger partial charge in [-0.15, -0.1) is 0 Å². The summed E-state index contributed by atoms with van der Waals surface area (Å²) in [6.45, 7) is -5.13. The molecular formula is C52H54F2N10O13P2S2. The summed E-state index contributed by atoms with van der Waals surface area (Å²) in [5, 5.41) is 2.80. The molecule has 2 unspecified atom stereocenters. The first-order valence-electron chi connectivity index (χ1n) is 25.8. The Balaban J connectivity index is 0.760. The van der Waals surface area contributed by atoms with Crippen molar-refractivity contribution in [3.8, 4) is 11.1 Å². The van der Waals surface area contributed by atoms with E-state index in [0.29, 0.717) is 22.5 Å². The first kappa shape index (κ1) is 56.6. The molecule has 1 amide bonds. The Morgan fingerprint density at radius 2 is 1.43 bits per heavy atom. The fourth-order valence-electron chi connectivity index (χ4n) is 10.4. The number of rotatable bonds is 15. The van der Waals surface area contributed by atoms with E-state index in [9.17, 15) is 24.1 Å². The number of H-pyrrole nitrogens is 1. The van der Waals surface area contributed by atoms with Crippen molar-refractivity contribution in [1.82, 2.24) is 44.4 Å². The first-order valence-corrected chi connectivity index (χ1v) is 31.5. The van der Waals surface area contributed by atoms with E-state index in [1.165, 1.54) is 10.9 Å². The van der Waals surface area contributed by atoms with Gasteiger partial charge >= 0.3 is 19.5 Å². The summed E-state index contributed by atoms with van der Waals surface area (Å²) in [7, 11) is 0. The van der Waals surface area contributed by atoms with Gasteiger partial charge in [0.05, 0.1) is 50.6 Å². The molecule has 0 spiro atoms. The highest BCUT2D eigenvalue weighted by atomic mass is 32.7. The van der Waals surface area contributed by atoms with Gasteiger partial charge in [-0.3, -0.25) is 41.9 Å². The second-order valence-corrected chi connectivity index (χ2v) is 27.1. The molecule has 3 aromatic carbocycles. The lowest BCUT2D eigenvalue weighted by Crippen LogP contribution is -2.44. The van der Waals surface area contributed by atoms with Crippen LogP contribution in [0.4, 0.5) is 14.6 Å². The number of carbonyl (C=O) groups is 3. The van der Waals surface area contributed by atoms with E-state index in [1.807, 2.05) is 62.4 Å². The number of esters is 1. The molecule has 11 rings (SSSR count). The molecule has 0 saturated carbocycles. The fourth-order valence-corrected chi connectivity index (χ4v) is 15.2. The molecule has 1 aliphatic carbocycles. The van der Waals surface area contributed by atoms with Gasteiger partial charge in [0.15, 0.2) is 53.2 Å². The van der Waals surface area contributed by atoms with Crippen LogP contribution in [0.15, 0.2) is 103 Å². The van der Waals surface area contributed by atoms with Gasteiger partial charge in [0.1, 0.15) is 42.9 Å². The van der Waals surface area contributed by atoms with Crippen LogP contribution in [0.25, 0.3) is 33.5 Å². The number of imidazole rings is 2. The number of fused-ring (bicyclic) bond motifs is 7. The molecule has 4 aromatic heterocycles. The largest absolute Gasteiger partial charge is 0.465 e. The van der Waals surface area contributed by atoms with Crippen LogP contribution in [0.1, 0.15) is 67.8 Å². The minimum absolute atomic E-state index is 0.0149. The lowest BCUT2D eigenvalue weighted by Gasteiger charge is -2.30. The number of carbonyl (C=O) groups excluding carboxylic acids is 3. The number of aromatic amines is 1. The van der Waals surface area contributed by atoms with Crippen molar-refractivity contribution in [2.75, 3.05) is 25.6 Å². The second kappa shape index (κ2) is 23.2. The lowest BCUT2D eigenvalue weighted by molar-refractivity contribution is -0.148. The highest BCUT2D eigenvalue weighted by Gasteiger charge is 2.55. The third-order valence-corrected chi connectivity index (χ3v) is 19.9. The first-order chi connectivity index (χ1) is 38.8. The molecule has 0 radical (unpaired) electrons. The molecule has 12 atom stereocenters. The number of aromatic nitrogens is 8. The van der Waals surface area contributed by atoms with E-state index in [2.05, 4.69) is 35.2 Å². The van der Waals surface area contributed by atoms with Crippen molar-refractivity contribution >= 4 is 82.5 Å². The van der Waals surface area contributed by atoms with Crippen molar-refractivity contribution in [2.45, 2.75) is 101 Å². The molecule has 81 heavy (non-hydrogen) atoms. The van der Waals surface area contributed by atoms with Crippen LogP contribution >= 0.6 is 24.9 Å². The van der Waals surface area contributed by atoms with Crippen LogP contribution < -0.4 is 16.6 Å². The number of nitrogen functional groups attached to an aromatic ring is 1. The number of ether oxygens (including phenoxy) is 3. The maximum atomic E-state index is 17.0. The van der Waals surface area contributed by atoms with Crippen LogP contribution in [-0.4, -0.2) is 124 Å². The van der Waals surface area contributed by atoms with Gasteiger partial charge < -0.3 is 39.7 Å². The quantitative estimate of drug-likeness (QED) is 0.0611. The number of Topliss-reactive ketones (excluding diaryl/α,β-unsaturated/α-hetero) is 1. The van der Waals surface area contributed by atoms with Crippen LogP contribution in [0.3, 0.4) is 0 Å². The number of hydrogen-bond donors (Lipinski definition) is 4. The van der Waals surface area contributed by atoms with Gasteiger partial charge in [-0.2, -0.15) is 0 Å². The van der Waals surface area contributed by atoms with Crippen LogP contribution in [0.2, 0.25) is 0 Å². The lowest BCUT2D eigenvalue weighted by atomic mass is 9.91. The maximum absolute atomic E-state index is 17.0. The Bertz CT molecular complexity index is 3650. The van der Waals surface area contributed by atoms with Crippen molar-refractivity contribution in [3.05, 3.63) is 131 Å². The van der Waals surface area contributed by atoms with Gasteiger partial charge in [0.2, 0.25) is 5.91 Å². The predicted octanol–water partition coefficient (Wildman–Crippen LogP) is 6.72. The summed E-state index contributed by atoms with van der Waals surface area (Å²) in [6.07, 6.45) is -9.43. The summed E-state index contributed by atoms with van der Waals surface area (Å²) in [5.74, 6) is -2.50. The Kier molecular flexibility index (Phi) is 16.2. The number of alkyl halides is 2. The molecule has 7 aromatic rings. The maximum Gasteiger partial charge on any atom is 0.389 e. The number of nitrogens with zero attached hydrogens (tertiary/aromatic N) is 7. The monoisotopic (exact) mass is 1190 g/mol. The van der Waals surface area contributed by atoms with Crippen LogP contribution in [0.5, 0.6) is 0 Å². The standard InChI is InChI=1S/C52H54F2N10O13P2S2/c1-26(2)34(17-39(66)71-18-35-32-10-6-4-8-30(32)31-9-5-7-11-33(31)35)49(67)62-27(3)36(65)16-28-12-14-29(15-13-28)21-81-79(70)73-20-38-44(40(53)51(75-38)63-24-60-42-46(55)56-22-57-47(42)63)76-78(69,80)72-19-37-45(77-79)41(54)52(74-37)64-25-61-43-48(64)58-23-59-50(43)68/h4-15,22-27,34-35,37-38,40-41,44-45,51-52H,16-21H2,1-3H3,(H,62,67)(H,69,80)(H2,55,56,57)(H,58,59,68)/t27-,34-,37+,38+,40+,41+,44+,45+,51+,52+,78?,79?/m0/s1. The number of ketones is 1. The summed E-state index contributed by atoms with van der Waals surface area (Å²) >= 11 is 5.98. The minimum Gasteiger partial charge on any atom is -0.465 e. The van der Waals surface area contributed by atoms with E-state index in [1.54, 1.807) is 31.2 Å². The summed E-state index contributed by atoms with van der Waals surface area (Å²) in [5.41, 5.74) is 10.9. The number of benzene rings is 3. The molecule has 3 aliphatic heterocycles. The number of nitrogens with one attached hydrogen (secondary N) is 2. The van der Waals surface area contributed by atoms with Gasteiger partial charge in [-0.25, -0.2) is 38.3 Å². The van der Waals surface area contributed by atoms with E-state index >= 15 is 13.3 Å². The Morgan fingerprint density at radius 1 is 0.840 bits per heavy atom. The number of halogens is 2. The topological polar surface area (TPSA) is 298 Å². The van der Waals surface area contributed by atoms with Gasteiger partial charge in [-0.05, 0) is 69.4 Å². The van der Waals surface area contributed by atoms with E-state index in [4.69, 9.17) is 49.8 Å². The summed E-state index contributed by atoms with van der Waals surface area (Å²) in [6, 6.07) is 21.8. The van der Waals surface area contributed by atoms with Crippen LogP contribution in [0, 0.1) is 11.8 Å². The number of amides is 1. The molecular weight excluding hydrogens is 1140 g/mol. The summed E-state index contributed by atoms with van der Waals surface area (Å²) in [4.78, 5) is 87.3. The molecule has 3 saturated heterocycles. The third kappa shape index (κ3) is 11.6. The van der Waals surface area contributed by atoms with Crippen LogP contribution in [-0.2, 0) is 75.2 Å². The SMILES string of the molecule is CC(C)[C@H](CC(=O)OCC1c2ccccc2-c2ccccc21)C(=O)N[C@@H](C)C(=O)Cc1ccc(CSP2(=O)OC[C@H]3O[C@@H](n4cnc5c(N)ncnc54)[C@H](F)[C@@H]3OP(O)(=S)OC[C@H]3O[C@@H](n4cnc5c(=O)[nH]cnc54)[C@H](F)[C@@H]3O2)cc1. The smallest absolute Gasteiger partial charge is 0.389 e. The molecule has 3 fully saturated rings. The van der Waals surface area contributed by atoms with E-state index in [0.717, 1.165) is 45.8 Å². The highest BCUT2D eigenvalue weighted by molar-refractivity contribution is 8.54. The van der Waals surface area contributed by atoms with E-state index in [-0.39, 0.29) is 71.0 Å². The zero-order valence-corrected chi connectivity index (χ0v) is 46.9. The third-order valence-electron chi connectivity index (χ3n) is 14.7. The number of anilines is 1. The number of nitrogens with two attached hydrogens (primary N) is 1. The van der Waals surface area contributed by atoms with Crippen molar-refractivity contribution in [1.29, 1.82) is 0 Å². The van der Waals surface area contributed by atoms with Crippen molar-refractivity contribution in [3.63, 3.8) is 0 Å². The molecule has 7 heterocycles. The van der Waals surface area contributed by atoms with Crippen molar-refractivity contribution < 1.29 is 64.9 Å². The second-order valence-electron chi connectivity index (χ2n) is 20.2. The number of hydrogen-bond acceptors (Lipinski definition) is 20. The zero-order chi connectivity index (χ0) is 56.9. The normalized spacial score (nSPS) is 27.4. The zero-order valence-electron chi connectivity index (χ0n) is 43.4. The predicted molar refractivity (Wildman–Crippen MR) is 293 cm³/mol. The Morgan fingerprint density at radius 3 is 2.09 bits per heavy atom. The molecule has 4 aliphatic rings. The van der Waals surface area contributed by atoms with E-state index < -0.39 is 105 Å². The Hall–Kier alpha value is -6.22. The van der Waals surface area contributed by atoms with Gasteiger partial charge in [0, 0.05) is 18.1 Å². The average molecular weight is 1190 g/mol. The molecule has 426 valence electrons. The Labute approximate surface area is 469 Å². The molecule has 29 heteroatoms. The molecule has 23 nitrogen and oxygen atoms in total. The molecule has 5 N–H and O–H groups in total. The van der Waals surface area contributed by atoms with Crippen molar-refractivity contribution in [2.24, 2.45) is 11.8 Å². The minimum atomic E-state index is -4.61. The molecule has 0 bridgehead atoms. The van der Waals surface area contributed by atoms with Gasteiger partial charge in [0.25, 0.3) is 5.56 Å². The van der Waals surface area contributed by atoms with Gasteiger partial charge in [-0.1, -0.05) is 86.6 Å².